The normalized spacial score (nSPS) is 15.2. The Kier molecular flexibility index (Phi) is 9.14. The van der Waals surface area contributed by atoms with Gasteiger partial charge in [-0.1, -0.05) is 32.6 Å². The van der Waals surface area contributed by atoms with Gasteiger partial charge in [-0.15, -0.1) is 0 Å². The van der Waals surface area contributed by atoms with Crippen molar-refractivity contribution >= 4 is 12.6 Å². The molecule has 0 aromatic carbocycles. The molecule has 0 aliphatic carbocycles. The number of nitrogens with two attached hydrogens (primary N) is 1. The van der Waals surface area contributed by atoms with Gasteiger partial charge < -0.3 is 10.6 Å². The lowest BCUT2D eigenvalue weighted by molar-refractivity contribution is 0.406. The Labute approximate surface area is 158 Å². The standard InChI is InChI=1S/C21H32N5/c1-7-11-17(21(22)23-6)16(5)20-18(24-10-4)12-13-19(25-20)26(14-8-2)15-9-3/h7,11H,5-6,8-9,12-15,22H2,1-4H3/q+1/b11-7-,21-17+. The first kappa shape index (κ1) is 21.4. The van der Waals surface area contributed by atoms with Crippen LogP contribution < -0.4 is 5.73 Å². The molecule has 1 rings (SSSR count). The molecular formula is C21H32N5+. The van der Waals surface area contributed by atoms with Gasteiger partial charge in [0.25, 0.3) is 6.07 Å². The zero-order valence-electron chi connectivity index (χ0n) is 16.7. The van der Waals surface area contributed by atoms with E-state index in [4.69, 9.17) is 10.7 Å². The van der Waals surface area contributed by atoms with Gasteiger partial charge in [0.15, 0.2) is 5.70 Å². The summed E-state index contributed by atoms with van der Waals surface area (Å²) >= 11 is 0. The smallest absolute Gasteiger partial charge is 0.343 e. The third-order valence-electron chi connectivity index (χ3n) is 4.09. The third kappa shape index (κ3) is 5.45. The number of amidine groups is 1. The molecule has 0 radical (unpaired) electrons. The topological polar surface area (TPSA) is 58.3 Å². The van der Waals surface area contributed by atoms with Gasteiger partial charge in [0.2, 0.25) is 0 Å². The van der Waals surface area contributed by atoms with Crippen molar-refractivity contribution in [3.8, 4) is 6.07 Å². The van der Waals surface area contributed by atoms with Crippen LogP contribution in [0.5, 0.6) is 0 Å². The van der Waals surface area contributed by atoms with Crippen LogP contribution in [0.2, 0.25) is 0 Å². The van der Waals surface area contributed by atoms with Crippen molar-refractivity contribution in [2.24, 2.45) is 15.7 Å². The summed E-state index contributed by atoms with van der Waals surface area (Å²) in [4.78, 5) is 15.6. The van der Waals surface area contributed by atoms with Crippen LogP contribution in [0.4, 0.5) is 0 Å². The van der Waals surface area contributed by atoms with E-state index in [0.717, 1.165) is 61.6 Å². The number of allylic oxidation sites excluding steroid dienone is 4. The maximum atomic E-state index is 6.03. The van der Waals surface area contributed by atoms with Crippen LogP contribution in [0.1, 0.15) is 53.4 Å². The Bertz CT molecular complexity index is 704. The van der Waals surface area contributed by atoms with Gasteiger partial charge in [-0.2, -0.15) is 0 Å². The van der Waals surface area contributed by atoms with E-state index in [1.54, 1.807) is 6.92 Å². The molecule has 2 N–H and O–H groups in total. The summed E-state index contributed by atoms with van der Waals surface area (Å²) in [5, 5.41) is 0. The maximum Gasteiger partial charge on any atom is 0.343 e. The summed E-state index contributed by atoms with van der Waals surface area (Å²) in [6, 6.07) is 2.87. The Morgan fingerprint density at radius 1 is 1.35 bits per heavy atom. The molecule has 1 aliphatic rings. The molecule has 0 saturated heterocycles. The van der Waals surface area contributed by atoms with Crippen molar-refractivity contribution in [3.63, 3.8) is 0 Å². The number of rotatable bonds is 8. The van der Waals surface area contributed by atoms with Gasteiger partial charge in [-0.25, -0.2) is 9.98 Å². The van der Waals surface area contributed by atoms with Gasteiger partial charge in [0, 0.05) is 30.7 Å². The van der Waals surface area contributed by atoms with Crippen molar-refractivity contribution in [3.05, 3.63) is 51.9 Å². The summed E-state index contributed by atoms with van der Waals surface area (Å²) in [5.74, 6) is 1.43. The number of aliphatic imine (C=N–C) groups is 2. The van der Waals surface area contributed by atoms with Crippen LogP contribution in [0.15, 0.2) is 57.1 Å². The lowest BCUT2D eigenvalue weighted by Crippen LogP contribution is -2.33. The fourth-order valence-electron chi connectivity index (χ4n) is 2.94. The molecule has 0 aromatic rings. The number of nitrogens with zero attached hydrogens (tertiary/aromatic N) is 4. The van der Waals surface area contributed by atoms with E-state index in [9.17, 15) is 0 Å². The first-order chi connectivity index (χ1) is 12.5. The second-order valence-electron chi connectivity index (χ2n) is 6.08. The summed E-state index contributed by atoms with van der Waals surface area (Å²) in [6.07, 6.45) is 7.64. The highest BCUT2D eigenvalue weighted by atomic mass is 15.2. The SMILES string of the molecule is C=N/C(N)=C(\C=C/C)C(=C)C1=C([N+]#CC)CCC(N(CCC)CCC)=N1. The largest absolute Gasteiger partial charge is 0.383 e. The maximum absolute atomic E-state index is 6.03. The Balaban J connectivity index is 3.45. The van der Waals surface area contributed by atoms with Crippen LogP contribution >= 0.6 is 0 Å². The van der Waals surface area contributed by atoms with Crippen LogP contribution in [0, 0.1) is 6.07 Å². The molecule has 26 heavy (non-hydrogen) atoms. The molecule has 1 aliphatic heterocycles. The molecule has 0 atom stereocenters. The van der Waals surface area contributed by atoms with Crippen LogP contribution in [-0.2, 0) is 0 Å². The van der Waals surface area contributed by atoms with Gasteiger partial charge >= 0.3 is 5.70 Å². The molecule has 0 fully saturated rings. The summed E-state index contributed by atoms with van der Waals surface area (Å²) < 4.78 is 0. The minimum atomic E-state index is 0.339. The summed E-state index contributed by atoms with van der Waals surface area (Å²) in [6.45, 7) is 17.9. The average molecular weight is 355 g/mol. The summed E-state index contributed by atoms with van der Waals surface area (Å²) in [5.41, 5.74) is 9.12. The van der Waals surface area contributed by atoms with Crippen molar-refractivity contribution in [2.75, 3.05) is 13.1 Å². The first-order valence-electron chi connectivity index (χ1n) is 9.25. The molecule has 0 amide bonds. The van der Waals surface area contributed by atoms with Crippen molar-refractivity contribution in [1.82, 2.24) is 4.90 Å². The molecule has 0 unspecified atom stereocenters. The van der Waals surface area contributed by atoms with E-state index in [-0.39, 0.29) is 0 Å². The van der Waals surface area contributed by atoms with Crippen molar-refractivity contribution in [2.45, 2.75) is 53.4 Å². The fraction of sp³-hybridized carbons (Fsp3) is 0.476. The molecule has 0 saturated carbocycles. The molecule has 5 nitrogen and oxygen atoms in total. The van der Waals surface area contributed by atoms with Crippen molar-refractivity contribution < 1.29 is 0 Å². The second-order valence-corrected chi connectivity index (χ2v) is 6.08. The first-order valence-corrected chi connectivity index (χ1v) is 9.25. The molecule has 140 valence electrons. The highest BCUT2D eigenvalue weighted by Gasteiger charge is 2.28. The van der Waals surface area contributed by atoms with E-state index in [1.807, 2.05) is 19.1 Å². The Morgan fingerprint density at radius 2 is 2.00 bits per heavy atom. The monoisotopic (exact) mass is 354 g/mol. The zero-order chi connectivity index (χ0) is 19.5. The highest BCUT2D eigenvalue weighted by molar-refractivity contribution is 5.86. The van der Waals surface area contributed by atoms with E-state index in [1.165, 1.54) is 0 Å². The Hall–Kier alpha value is -2.61. The molecule has 5 heteroatoms. The zero-order valence-corrected chi connectivity index (χ0v) is 16.7. The lowest BCUT2D eigenvalue weighted by atomic mass is 9.99. The predicted octanol–water partition coefficient (Wildman–Crippen LogP) is 4.87. The molecule has 1 heterocycles. The molecule has 0 aromatic heterocycles. The predicted molar refractivity (Wildman–Crippen MR) is 113 cm³/mol. The molecule has 0 bridgehead atoms. The number of hydrogen-bond donors (Lipinski definition) is 1. The van der Waals surface area contributed by atoms with Gasteiger partial charge in [0.1, 0.15) is 11.7 Å². The quantitative estimate of drug-likeness (QED) is 0.499. The minimum absolute atomic E-state index is 0.339. The van der Waals surface area contributed by atoms with Crippen LogP contribution in [0.3, 0.4) is 0 Å². The highest BCUT2D eigenvalue weighted by Crippen LogP contribution is 2.31. The number of hydrogen-bond acceptors (Lipinski definition) is 4. The van der Waals surface area contributed by atoms with Gasteiger partial charge in [0.05, 0.1) is 13.3 Å². The van der Waals surface area contributed by atoms with Crippen molar-refractivity contribution in [1.29, 1.82) is 0 Å². The average Bonchev–Trinajstić information content (AvgIpc) is 2.65. The summed E-state index contributed by atoms with van der Waals surface area (Å²) in [7, 11) is 0. The second kappa shape index (κ2) is 11.1. The Morgan fingerprint density at radius 3 is 2.50 bits per heavy atom. The van der Waals surface area contributed by atoms with E-state index >= 15 is 0 Å². The molecule has 0 spiro atoms. The van der Waals surface area contributed by atoms with E-state index in [2.05, 4.69) is 48.0 Å². The van der Waals surface area contributed by atoms with Crippen LogP contribution in [0.25, 0.3) is 4.85 Å². The fourth-order valence-corrected chi connectivity index (χ4v) is 2.94. The molecular weight excluding hydrogens is 322 g/mol. The lowest BCUT2D eigenvalue weighted by Gasteiger charge is -2.27. The van der Waals surface area contributed by atoms with E-state index < -0.39 is 0 Å². The van der Waals surface area contributed by atoms with E-state index in [0.29, 0.717) is 11.4 Å². The third-order valence-corrected chi connectivity index (χ3v) is 4.09. The van der Waals surface area contributed by atoms with Crippen LogP contribution in [-0.4, -0.2) is 30.5 Å². The minimum Gasteiger partial charge on any atom is -0.383 e. The van der Waals surface area contributed by atoms with Gasteiger partial charge in [-0.3, -0.25) is 0 Å². The van der Waals surface area contributed by atoms with Gasteiger partial charge in [-0.05, 0) is 31.3 Å².